The van der Waals surface area contributed by atoms with E-state index in [9.17, 15) is 0 Å². The van der Waals surface area contributed by atoms with Crippen LogP contribution in [0, 0.1) is 69.2 Å². The number of benzene rings is 15. The van der Waals surface area contributed by atoms with E-state index in [-0.39, 0.29) is 0 Å². The zero-order valence-electron chi connectivity index (χ0n) is 77.6. The summed E-state index contributed by atoms with van der Waals surface area (Å²) in [4.78, 5) is 4.88. The molecule has 0 saturated carbocycles. The monoisotopic (exact) mass is 1780 g/mol. The quantitative estimate of drug-likeness (QED) is 0.155. The molecule has 0 bridgehead atoms. The van der Waals surface area contributed by atoms with Crippen molar-refractivity contribution in [2.75, 3.05) is 9.80 Å². The average molecular weight is 1790 g/mol. The van der Waals surface area contributed by atoms with Gasteiger partial charge in [0.25, 0.3) is 0 Å². The maximum Gasteiger partial charge on any atom is 0.466 e. The average Bonchev–Trinajstić information content (AvgIpc) is 1.47. The molecule has 11 aliphatic heterocycles. The first kappa shape index (κ1) is 76.0. The fraction of sp³-hybridized carbons (Fsp3) is 0.107. The summed E-state index contributed by atoms with van der Waals surface area (Å²) >= 11 is 0. The van der Waals surface area contributed by atoms with E-state index in [1.165, 1.54) is 230 Å². The number of ether oxygens (including phenoxy) is 2. The Morgan fingerprint density at radius 1 is 0.246 bits per heavy atom. The highest BCUT2D eigenvalue weighted by molar-refractivity contribution is 6.13. The molecule has 0 radical (unpaired) electrons. The third kappa shape index (κ3) is 8.84. The maximum absolute atomic E-state index is 6.70. The van der Waals surface area contributed by atoms with Gasteiger partial charge in [-0.25, -0.2) is 0 Å². The number of rotatable bonds is 6. The second-order valence-electron chi connectivity index (χ2n) is 38.9. The van der Waals surface area contributed by atoms with Crippen molar-refractivity contribution in [1.82, 2.24) is 32.7 Å². The van der Waals surface area contributed by atoms with Crippen molar-refractivity contribution in [2.45, 2.75) is 86.2 Å². The van der Waals surface area contributed by atoms with Gasteiger partial charge in [0.1, 0.15) is 45.5 Å². The molecule has 3 atom stereocenters. The van der Waals surface area contributed by atoms with E-state index in [0.717, 1.165) is 45.7 Å². The lowest BCUT2D eigenvalue weighted by molar-refractivity contribution is -1.02. The Morgan fingerprint density at radius 3 is 1.10 bits per heavy atom. The van der Waals surface area contributed by atoms with Gasteiger partial charge in [-0.1, -0.05) is 224 Å². The Morgan fingerprint density at radius 2 is 0.601 bits per heavy atom. The van der Waals surface area contributed by atoms with E-state index < -0.39 is 17.0 Å². The first-order chi connectivity index (χ1) is 67.7. The Balaban J connectivity index is 0.0000000959. The normalized spacial score (nSPS) is 16.7. The molecular weight excluding hydrogens is 1700 g/mol. The Kier molecular flexibility index (Phi) is 14.4. The molecule has 15 aromatic carbocycles. The molecule has 17 nitrogen and oxygen atoms in total. The van der Waals surface area contributed by atoms with Crippen LogP contribution in [0.1, 0.15) is 90.3 Å². The van der Waals surface area contributed by atoms with Gasteiger partial charge in [-0.15, -0.1) is 28.1 Å². The van der Waals surface area contributed by atoms with Crippen molar-refractivity contribution in [3.63, 3.8) is 0 Å². The Hall–Kier alpha value is -17.4. The molecule has 0 aliphatic carbocycles. The van der Waals surface area contributed by atoms with Crippen molar-refractivity contribution >= 4 is 55.9 Å². The number of hydrogen-bond donors (Lipinski definition) is 0. The fourth-order valence-corrected chi connectivity index (χ4v) is 27.2. The minimum atomic E-state index is -0.645. The van der Waals surface area contributed by atoms with Gasteiger partial charge >= 0.3 is 17.0 Å². The van der Waals surface area contributed by atoms with Crippen LogP contribution in [0.25, 0.3) is 128 Å². The van der Waals surface area contributed by atoms with E-state index in [1.54, 1.807) is 0 Å². The summed E-state index contributed by atoms with van der Waals surface area (Å²) in [5.74, 6) is 3.52. The van der Waals surface area contributed by atoms with Crippen molar-refractivity contribution in [3.05, 3.63) is 448 Å². The zero-order chi connectivity index (χ0) is 91.6. The number of nitrogens with zero attached hydrogens (tertiary/aromatic N) is 15. The van der Waals surface area contributed by atoms with Gasteiger partial charge in [-0.2, -0.15) is 0 Å². The van der Waals surface area contributed by atoms with Crippen LogP contribution in [0.2, 0.25) is 0 Å². The smallest absolute Gasteiger partial charge is 0.453 e. The number of fused-ring (bicyclic) bond motifs is 22. The van der Waals surface area contributed by atoms with Gasteiger partial charge in [0.15, 0.2) is 56.4 Å². The maximum atomic E-state index is 6.70. The number of hydrogen-bond acceptors (Lipinski definition) is 4. The molecule has 0 fully saturated rings. The van der Waals surface area contributed by atoms with E-state index in [1.807, 2.05) is 6.07 Å². The van der Waals surface area contributed by atoms with Gasteiger partial charge in [-0.3, -0.25) is 0 Å². The summed E-state index contributed by atoms with van der Waals surface area (Å²) in [5, 5.41) is 2.61. The van der Waals surface area contributed by atoms with Gasteiger partial charge in [0, 0.05) is 63.6 Å². The van der Waals surface area contributed by atoms with Crippen LogP contribution < -0.4 is 47.4 Å². The van der Waals surface area contributed by atoms with Crippen LogP contribution in [0.15, 0.2) is 358 Å². The van der Waals surface area contributed by atoms with Gasteiger partial charge in [0.2, 0.25) is 34.7 Å². The molecule has 138 heavy (non-hydrogen) atoms. The lowest BCUT2D eigenvalue weighted by Crippen LogP contribution is -2.76. The summed E-state index contributed by atoms with van der Waals surface area (Å²) in [7, 11) is 0. The molecule has 11 aliphatic rings. The Labute approximate surface area is 795 Å². The molecule has 33 rings (SSSR count). The molecular formula is C121H89N15O2+6. The lowest BCUT2D eigenvalue weighted by atomic mass is 9.82. The summed E-state index contributed by atoms with van der Waals surface area (Å²) in [6.45, 7) is 22.6. The standard InChI is InChI=1S/C41H31N5O.C41H31N5.C39H27N5O/c1-24-23-25(2)45-41-38-32(14-10-15-33(38)43(24)45)42-31-13-8-9-16-35(31)47-36-22-21-34(39(41)40(36)42)44-26(3)37(27(4)46(41)44)30-19-17-29(18-20-30)28-11-6-5-7-12-28;1-24-23-25(2)45-41-38-34(15-10-16-35(38)43(24)45)42-33-14-9-8-13-31(33)32-21-22-36(39(41)40(32)42)44-26(3)37(27(4)46(41)44)30-19-17-29(18-20-30)28-11-6-5-7-12-28;1-24-21-25(2)44-39-36-31(40-22-29(23-41(39)40)28-17-15-27(16-18-28)26-9-4-3-5-10-26)12-8-13-32(36)42-30-11-6-7-14-34(30)45-35-20-19-33(43(24)44)37(39)38(35)42/h5-23H,1-4H3;5-23H,1-4H3;3-23H,1-2H3/q3*+2. The summed E-state index contributed by atoms with van der Waals surface area (Å²) in [6.07, 6.45) is 4.63. The van der Waals surface area contributed by atoms with E-state index >= 15 is 0 Å². The Bertz CT molecular complexity index is 9340. The second kappa shape index (κ2) is 26.1. The SMILES string of the molecule is Cc1cc(C)[n+]2n1-c1ccc3c4c1C21c2c(cccc2-n2cc(-c5ccc(-c6ccccc6)cc5)c[n+]21)N4c1ccccc1O3.Cc1cc(C)[n+]2n1-c1cccc3c1C21c2c(ccc4c2N3c2ccccc2O4)-n2c(C)c(-c3ccc(-c4ccccc4)cc3)c(C)[n+]21.Cc1cc(C)[n+]2n1-c1cccc3c1C21c2c(ccc4c5ccccc5n-3c24)-n2c(C)c(-c3ccc(-c4ccccc4)cc3)c(C)[n+]21. The predicted molar refractivity (Wildman–Crippen MR) is 535 cm³/mol. The third-order valence-electron chi connectivity index (χ3n) is 31.9. The largest absolute Gasteiger partial charge is 0.466 e. The molecule has 22 aromatic rings. The molecule has 17 heteroatoms. The van der Waals surface area contributed by atoms with E-state index in [2.05, 4.69) is 492 Å². The minimum absolute atomic E-state index is 0.569. The lowest BCUT2D eigenvalue weighted by Gasteiger charge is -2.38. The van der Waals surface area contributed by atoms with E-state index in [4.69, 9.17) is 9.47 Å². The van der Waals surface area contributed by atoms with Gasteiger partial charge in [-0.05, 0) is 216 Å². The van der Waals surface area contributed by atoms with Gasteiger partial charge < -0.3 is 23.8 Å². The number of aryl methyl sites for hydroxylation is 6. The van der Waals surface area contributed by atoms with Crippen LogP contribution in [0.4, 0.5) is 34.1 Å². The zero-order valence-corrected chi connectivity index (χ0v) is 77.6. The molecule has 0 amide bonds. The highest BCUT2D eigenvalue weighted by Crippen LogP contribution is 2.67. The number of anilines is 6. The minimum Gasteiger partial charge on any atom is -0.453 e. The van der Waals surface area contributed by atoms with Crippen molar-refractivity contribution in [1.29, 1.82) is 0 Å². The molecule has 3 unspecified atom stereocenters. The fourth-order valence-electron chi connectivity index (χ4n) is 27.2. The summed E-state index contributed by atoms with van der Waals surface area (Å²) < 4.78 is 45.8. The van der Waals surface area contributed by atoms with Crippen molar-refractivity contribution in [3.8, 4) is 130 Å². The van der Waals surface area contributed by atoms with Crippen LogP contribution >= 0.6 is 0 Å². The number of aromatic nitrogens is 13. The molecule has 0 N–H and O–H groups in total. The molecule has 3 spiro atoms. The van der Waals surface area contributed by atoms with Crippen LogP contribution in [0.3, 0.4) is 0 Å². The molecule has 654 valence electrons. The van der Waals surface area contributed by atoms with Gasteiger partial charge in [0.05, 0.1) is 90.8 Å². The summed E-state index contributed by atoms with van der Waals surface area (Å²) in [5.41, 5.74) is 50.9. The second-order valence-corrected chi connectivity index (χ2v) is 38.9. The van der Waals surface area contributed by atoms with Crippen LogP contribution in [-0.2, 0) is 17.0 Å². The van der Waals surface area contributed by atoms with Crippen molar-refractivity contribution in [2.24, 2.45) is 0 Å². The first-order valence-electron chi connectivity index (χ1n) is 47.9. The molecule has 18 heterocycles. The van der Waals surface area contributed by atoms with Crippen LogP contribution in [-0.4, -0.2) is 32.7 Å². The van der Waals surface area contributed by atoms with Crippen LogP contribution in [0.5, 0.6) is 23.0 Å². The van der Waals surface area contributed by atoms with E-state index in [0.29, 0.717) is 0 Å². The third-order valence-corrected chi connectivity index (χ3v) is 31.9. The highest BCUT2D eigenvalue weighted by atomic mass is 16.5. The molecule has 0 saturated heterocycles. The molecule has 7 aromatic heterocycles. The topological polar surface area (TPSA) is 82.7 Å². The highest BCUT2D eigenvalue weighted by Gasteiger charge is 2.79. The predicted octanol–water partition coefficient (Wildman–Crippen LogP) is 23.6. The number of para-hydroxylation sites is 5. The first-order valence-corrected chi connectivity index (χ1v) is 47.9. The van der Waals surface area contributed by atoms with Crippen molar-refractivity contribution < 1.29 is 37.6 Å². The summed E-state index contributed by atoms with van der Waals surface area (Å²) in [6, 6.07) is 126.